The summed E-state index contributed by atoms with van der Waals surface area (Å²) >= 11 is 0. The molecule has 38 heavy (non-hydrogen) atoms. The zero-order valence-electron chi connectivity index (χ0n) is 22.5. The molecule has 3 N–H and O–H groups in total. The van der Waals surface area contributed by atoms with Gasteiger partial charge in [0.25, 0.3) is 0 Å². The van der Waals surface area contributed by atoms with Crippen LogP contribution >= 0.6 is 0 Å². The molecule has 1 aromatic heterocycles. The smallest absolute Gasteiger partial charge is 0.361 e. The van der Waals surface area contributed by atoms with Crippen molar-refractivity contribution < 1.29 is 31.5 Å². The van der Waals surface area contributed by atoms with Crippen LogP contribution in [-0.2, 0) is 16.3 Å². The van der Waals surface area contributed by atoms with E-state index in [0.29, 0.717) is 41.9 Å². The number of carbonyl (C=O) groups excluding carboxylic acids is 1. The summed E-state index contributed by atoms with van der Waals surface area (Å²) in [5, 5.41) is 2.62. The highest BCUT2D eigenvalue weighted by Gasteiger charge is 2.38. The number of carbonyl (C=O) groups is 1. The van der Waals surface area contributed by atoms with Crippen LogP contribution in [0.1, 0.15) is 68.9 Å². The van der Waals surface area contributed by atoms with Gasteiger partial charge in [-0.1, -0.05) is 25.7 Å². The van der Waals surface area contributed by atoms with Crippen LogP contribution in [0.2, 0.25) is 25.7 Å². The summed E-state index contributed by atoms with van der Waals surface area (Å²) in [5.41, 5.74) is 8.65. The monoisotopic (exact) mass is 562 g/mol. The largest absolute Gasteiger partial charge is 0.389 e. The Balaban J connectivity index is 1.84. The number of nitrogens with zero attached hydrogens (tertiary/aromatic N) is 2. The maximum Gasteiger partial charge on any atom is 0.389 e. The maximum atomic E-state index is 13.7. The summed E-state index contributed by atoms with van der Waals surface area (Å²) in [5.74, 6) is -2.93. The molecule has 12 heteroatoms. The molecule has 2 atom stereocenters. The highest BCUT2D eigenvalue weighted by atomic mass is 28.3. The van der Waals surface area contributed by atoms with Crippen LogP contribution < -0.4 is 11.1 Å². The van der Waals surface area contributed by atoms with Crippen LogP contribution in [0.15, 0.2) is 18.2 Å². The predicted octanol–water partition coefficient (Wildman–Crippen LogP) is 6.69. The van der Waals surface area contributed by atoms with Gasteiger partial charge in [-0.2, -0.15) is 13.2 Å². The van der Waals surface area contributed by atoms with E-state index in [4.69, 9.17) is 15.5 Å². The molecule has 1 aliphatic carbocycles. The number of ether oxygens (including phenoxy) is 1. The van der Waals surface area contributed by atoms with Crippen LogP contribution in [0.5, 0.6) is 0 Å². The standard InChI is InChI=1S/C26H39F5N4O2Si/c1-17(33-22(36)9-12-26(29,30)31)19-5-6-20-21(15-19)35(16-37-13-14-38(2,3)4)24(34-20)23(32)18-7-10-25(27,28)11-8-18/h5-6,15,17-18,23H,7-14,16,32H2,1-4H3,(H,33,36)/t17-,23+/m1/s1. The lowest BCUT2D eigenvalue weighted by Crippen LogP contribution is -2.32. The van der Waals surface area contributed by atoms with Crippen molar-refractivity contribution >= 4 is 25.0 Å². The second-order valence-electron chi connectivity index (χ2n) is 11.6. The van der Waals surface area contributed by atoms with Gasteiger partial charge in [-0.25, -0.2) is 13.8 Å². The van der Waals surface area contributed by atoms with Gasteiger partial charge in [0, 0.05) is 33.9 Å². The van der Waals surface area contributed by atoms with E-state index in [1.165, 1.54) is 0 Å². The predicted molar refractivity (Wildman–Crippen MR) is 140 cm³/mol. The SMILES string of the molecule is C[C@@H](NC(=O)CCC(F)(F)F)c1ccc2nc([C@@H](N)C3CCC(F)(F)CC3)n(COCC[Si](C)(C)C)c2c1. The number of halogens is 5. The van der Waals surface area contributed by atoms with E-state index >= 15 is 0 Å². The summed E-state index contributed by atoms with van der Waals surface area (Å²) in [7, 11) is -1.32. The molecule has 0 spiro atoms. The minimum atomic E-state index is -4.40. The fraction of sp³-hybridized carbons (Fsp3) is 0.692. The lowest BCUT2D eigenvalue weighted by molar-refractivity contribution is -0.144. The van der Waals surface area contributed by atoms with E-state index in [-0.39, 0.29) is 25.5 Å². The first-order chi connectivity index (χ1) is 17.5. The lowest BCUT2D eigenvalue weighted by Gasteiger charge is -2.31. The van der Waals surface area contributed by atoms with Crippen LogP contribution in [0.25, 0.3) is 11.0 Å². The summed E-state index contributed by atoms with van der Waals surface area (Å²) in [6, 6.07) is 5.23. The molecule has 214 valence electrons. The number of alkyl halides is 5. The van der Waals surface area contributed by atoms with Crippen molar-refractivity contribution in [3.63, 3.8) is 0 Å². The van der Waals surface area contributed by atoms with E-state index in [1.807, 2.05) is 10.6 Å². The first-order valence-corrected chi connectivity index (χ1v) is 16.8. The van der Waals surface area contributed by atoms with E-state index in [1.54, 1.807) is 19.1 Å². The second kappa shape index (κ2) is 12.0. The number of rotatable bonds is 11. The first kappa shape index (κ1) is 30.5. The Labute approximate surface area is 221 Å². The Hall–Kier alpha value is -2.05. The zero-order chi connectivity index (χ0) is 28.3. The molecule has 1 amide bonds. The van der Waals surface area contributed by atoms with Crippen LogP contribution in [-0.4, -0.2) is 42.2 Å². The molecule has 1 aromatic carbocycles. The van der Waals surface area contributed by atoms with Crippen LogP contribution in [0.4, 0.5) is 22.0 Å². The molecular formula is C26H39F5N4O2Si. The average Bonchev–Trinajstić information content (AvgIpc) is 3.16. The molecule has 1 fully saturated rings. The molecule has 2 aromatic rings. The highest BCUT2D eigenvalue weighted by molar-refractivity contribution is 6.76. The Bertz CT molecular complexity index is 1090. The van der Waals surface area contributed by atoms with Gasteiger partial charge in [-0.05, 0) is 49.4 Å². The number of amides is 1. The maximum absolute atomic E-state index is 13.7. The fourth-order valence-electron chi connectivity index (χ4n) is 4.64. The summed E-state index contributed by atoms with van der Waals surface area (Å²) < 4.78 is 72.8. The molecule has 6 nitrogen and oxygen atoms in total. The molecule has 0 unspecified atom stereocenters. The van der Waals surface area contributed by atoms with Crippen molar-refractivity contribution in [2.75, 3.05) is 6.61 Å². The number of nitrogens with two attached hydrogens (primary N) is 1. The molecule has 1 aliphatic rings. The summed E-state index contributed by atoms with van der Waals surface area (Å²) in [6.07, 6.45) is -6.01. The Morgan fingerprint density at radius 3 is 2.53 bits per heavy atom. The molecule has 3 rings (SSSR count). The zero-order valence-corrected chi connectivity index (χ0v) is 23.5. The normalized spacial score (nSPS) is 18.5. The van der Waals surface area contributed by atoms with Crippen molar-refractivity contribution in [3.8, 4) is 0 Å². The van der Waals surface area contributed by atoms with Gasteiger partial charge in [0.1, 0.15) is 12.6 Å². The van der Waals surface area contributed by atoms with Gasteiger partial charge in [0.05, 0.1) is 29.5 Å². The van der Waals surface area contributed by atoms with Crippen molar-refractivity contribution in [3.05, 3.63) is 29.6 Å². The Morgan fingerprint density at radius 1 is 1.26 bits per heavy atom. The third kappa shape index (κ3) is 8.74. The molecule has 1 saturated carbocycles. The minimum Gasteiger partial charge on any atom is -0.361 e. The van der Waals surface area contributed by atoms with E-state index < -0.39 is 51.0 Å². The van der Waals surface area contributed by atoms with Gasteiger partial charge in [0.2, 0.25) is 11.8 Å². The molecule has 0 aliphatic heterocycles. The van der Waals surface area contributed by atoms with E-state index in [2.05, 4.69) is 25.0 Å². The number of benzene rings is 1. The Morgan fingerprint density at radius 2 is 1.92 bits per heavy atom. The van der Waals surface area contributed by atoms with Crippen molar-refractivity contribution in [1.29, 1.82) is 0 Å². The van der Waals surface area contributed by atoms with Crippen molar-refractivity contribution in [1.82, 2.24) is 14.9 Å². The number of nitrogens with one attached hydrogen (secondary N) is 1. The average molecular weight is 563 g/mol. The van der Waals surface area contributed by atoms with Crippen molar-refractivity contribution in [2.24, 2.45) is 11.7 Å². The topological polar surface area (TPSA) is 82.2 Å². The van der Waals surface area contributed by atoms with Gasteiger partial charge in [-0.3, -0.25) is 4.79 Å². The van der Waals surface area contributed by atoms with Crippen molar-refractivity contribution in [2.45, 2.75) is 102 Å². The number of fused-ring (bicyclic) bond motifs is 1. The number of hydrogen-bond donors (Lipinski definition) is 2. The first-order valence-electron chi connectivity index (χ1n) is 13.1. The molecule has 1 heterocycles. The molecule has 0 saturated heterocycles. The van der Waals surface area contributed by atoms with E-state index in [9.17, 15) is 26.7 Å². The van der Waals surface area contributed by atoms with Gasteiger partial charge < -0.3 is 20.4 Å². The summed E-state index contributed by atoms with van der Waals surface area (Å²) in [4.78, 5) is 16.8. The number of imidazole rings is 1. The quantitative estimate of drug-likeness (QED) is 0.182. The van der Waals surface area contributed by atoms with Crippen LogP contribution in [0, 0.1) is 5.92 Å². The highest BCUT2D eigenvalue weighted by Crippen LogP contribution is 2.41. The number of aromatic nitrogens is 2. The van der Waals surface area contributed by atoms with Gasteiger partial charge in [-0.15, -0.1) is 0 Å². The van der Waals surface area contributed by atoms with Gasteiger partial charge >= 0.3 is 6.18 Å². The van der Waals surface area contributed by atoms with E-state index in [0.717, 1.165) is 6.04 Å². The molecule has 0 bridgehead atoms. The second-order valence-corrected chi connectivity index (χ2v) is 17.2. The third-order valence-corrected chi connectivity index (χ3v) is 8.80. The minimum absolute atomic E-state index is 0.140. The lowest BCUT2D eigenvalue weighted by atomic mass is 9.82. The Kier molecular flexibility index (Phi) is 9.62. The fourth-order valence-corrected chi connectivity index (χ4v) is 5.39. The molecule has 0 radical (unpaired) electrons. The van der Waals surface area contributed by atoms with Gasteiger partial charge in [0.15, 0.2) is 0 Å². The van der Waals surface area contributed by atoms with Crippen LogP contribution in [0.3, 0.4) is 0 Å². The summed E-state index contributed by atoms with van der Waals surface area (Å²) in [6.45, 7) is 9.19. The third-order valence-electron chi connectivity index (χ3n) is 7.10. The molecular weight excluding hydrogens is 523 g/mol. The number of hydrogen-bond acceptors (Lipinski definition) is 4.